The van der Waals surface area contributed by atoms with Crippen LogP contribution < -0.4 is 130 Å². The van der Waals surface area contributed by atoms with Gasteiger partial charge in [0.2, 0.25) is 0 Å². The van der Waals surface area contributed by atoms with Crippen molar-refractivity contribution < 1.29 is 160 Å². The summed E-state index contributed by atoms with van der Waals surface area (Å²) < 4.78 is 8.88. The minimum Gasteiger partial charge on any atom is -1.00 e. The molecule has 0 rings (SSSR count). The van der Waals surface area contributed by atoms with Crippen LogP contribution in [0.2, 0.25) is 0 Å². The normalized spacial score (nSPS) is 6.36. The number of rotatable bonds is 1. The molecule has 12 heteroatoms. The molecule has 0 saturated heterocycles. The Balaban J connectivity index is -0.00000000406. The van der Waals surface area contributed by atoms with E-state index in [4.69, 9.17) is 30.7 Å². The molecule has 73 valence electrons. The fraction of sp³-hybridized carbons (Fsp3) is 1.00. The minimum absolute atomic E-state index is 0. The van der Waals surface area contributed by atoms with Gasteiger partial charge in [-0.05, 0) is 0 Å². The Morgan fingerprint density at radius 1 is 0.929 bits per heavy atom. The maximum Gasteiger partial charge on any atom is 1.00 e. The Morgan fingerprint density at radius 3 is 1.00 bits per heavy atom. The van der Waals surface area contributed by atoms with Gasteiger partial charge in [0.1, 0.15) is 0 Å². The maximum atomic E-state index is 8.88. The van der Waals surface area contributed by atoms with Crippen LogP contribution in [0.25, 0.3) is 0 Å². The molecule has 0 aromatic carbocycles. The van der Waals surface area contributed by atoms with Crippen LogP contribution >= 0.6 is 7.82 Å². The van der Waals surface area contributed by atoms with Crippen molar-refractivity contribution in [2.75, 3.05) is 13.1 Å². The second kappa shape index (κ2) is 30.5. The molecule has 0 aliphatic heterocycles. The Hall–Kier alpha value is 4.55. The van der Waals surface area contributed by atoms with E-state index in [1.807, 2.05) is 0 Å². The summed E-state index contributed by atoms with van der Waals surface area (Å²) >= 11 is 0. The zero-order valence-corrected chi connectivity index (χ0v) is 19.2. The molecule has 0 aromatic rings. The van der Waals surface area contributed by atoms with Crippen LogP contribution in [0.5, 0.6) is 0 Å². The molecule has 0 bridgehead atoms. The summed E-state index contributed by atoms with van der Waals surface area (Å²) in [6.45, 7) is 1.19. The third-order valence-corrected chi connectivity index (χ3v) is 0.167. The largest absolute Gasteiger partial charge is 1.00 e. The summed E-state index contributed by atoms with van der Waals surface area (Å²) in [6, 6.07) is 0. The Bertz CT molecular complexity index is 111. The molecule has 0 saturated carbocycles. The monoisotopic (exact) mass is 309 g/mol. The van der Waals surface area contributed by atoms with E-state index in [0.717, 1.165) is 0 Å². The summed E-state index contributed by atoms with van der Waals surface area (Å²) in [6.07, 6.45) is 0. The van der Waals surface area contributed by atoms with Crippen LogP contribution in [0.3, 0.4) is 0 Å². The van der Waals surface area contributed by atoms with Gasteiger partial charge >= 0.3 is 126 Å². The number of nitrogens with two attached hydrogens (primary N) is 2. The molecule has 0 amide bonds. The van der Waals surface area contributed by atoms with Crippen molar-refractivity contribution in [2.24, 2.45) is 11.5 Å². The van der Waals surface area contributed by atoms with Crippen LogP contribution in [0.4, 0.5) is 0 Å². The molecule has 0 heterocycles. The van der Waals surface area contributed by atoms with E-state index in [0.29, 0.717) is 13.1 Å². The van der Waals surface area contributed by atoms with Crippen LogP contribution in [-0.2, 0) is 21.6 Å². The average Bonchev–Trinajstić information content (AvgIpc) is 1.61. The molecule has 1 radical (unpaired) electrons. The quantitative estimate of drug-likeness (QED) is 0.242. The maximum absolute atomic E-state index is 8.88. The first-order valence-electron chi connectivity index (χ1n) is 2.10. The molecule has 0 aromatic heterocycles. The minimum atomic E-state index is -4.64. The van der Waals surface area contributed by atoms with Gasteiger partial charge in [0.15, 0.2) is 0 Å². The van der Waals surface area contributed by atoms with Gasteiger partial charge in [-0.3, -0.25) is 0 Å². The summed E-state index contributed by atoms with van der Waals surface area (Å²) in [4.78, 5) is 21.6. The standard InChI is InChI=1S/C2H8N2.Mn.4Na.H3O4P.4H/c3-1-2-4;;;;;;1-5(2,3)4;;;;/h1-4H2;;;;;;(H3,1,2,3,4);;;;/q;;4*+1;;4*-1. The van der Waals surface area contributed by atoms with E-state index in [9.17, 15) is 0 Å². The molecule has 0 fully saturated rings. The van der Waals surface area contributed by atoms with Gasteiger partial charge in [0.25, 0.3) is 0 Å². The van der Waals surface area contributed by atoms with Crippen molar-refractivity contribution in [2.45, 2.75) is 0 Å². The first-order chi connectivity index (χ1) is 3.91. The average molecular weight is 309 g/mol. The van der Waals surface area contributed by atoms with E-state index >= 15 is 0 Å². The van der Waals surface area contributed by atoms with Gasteiger partial charge in [0.05, 0.1) is 0 Å². The Labute approximate surface area is 189 Å². The van der Waals surface area contributed by atoms with Crippen molar-refractivity contribution in [1.82, 2.24) is 0 Å². The summed E-state index contributed by atoms with van der Waals surface area (Å²) in [7, 11) is -4.64. The van der Waals surface area contributed by atoms with E-state index in [-0.39, 0.29) is 141 Å². The van der Waals surface area contributed by atoms with Crippen LogP contribution in [0.1, 0.15) is 5.71 Å². The van der Waals surface area contributed by atoms with Crippen molar-refractivity contribution in [3.8, 4) is 0 Å². The molecule has 7 N–H and O–H groups in total. The molecule has 0 atom stereocenters. The van der Waals surface area contributed by atoms with Crippen LogP contribution in [0, 0.1) is 0 Å². The molecule has 0 spiro atoms. The smallest absolute Gasteiger partial charge is 1.00 e. The fourth-order valence-electron chi connectivity index (χ4n) is 0. The van der Waals surface area contributed by atoms with Crippen molar-refractivity contribution in [1.29, 1.82) is 0 Å². The molecular formula is C2H15MnN2Na4O4P. The van der Waals surface area contributed by atoms with Crippen molar-refractivity contribution >= 4 is 7.82 Å². The van der Waals surface area contributed by atoms with E-state index in [1.54, 1.807) is 0 Å². The zero-order valence-electron chi connectivity index (χ0n) is 13.1. The van der Waals surface area contributed by atoms with Crippen molar-refractivity contribution in [3.05, 3.63) is 0 Å². The SMILES string of the molecule is NCCN.O=P(O)(O)O.[H-].[H-].[H-].[H-].[Mn].[Na+].[Na+].[Na+].[Na+]. The summed E-state index contributed by atoms with van der Waals surface area (Å²) in [5.41, 5.74) is 9.81. The van der Waals surface area contributed by atoms with E-state index in [2.05, 4.69) is 0 Å². The van der Waals surface area contributed by atoms with Gasteiger partial charge in [-0.15, -0.1) is 0 Å². The molecular weight excluding hydrogens is 294 g/mol. The van der Waals surface area contributed by atoms with Gasteiger partial charge in [-0.25, -0.2) is 4.57 Å². The molecule has 14 heavy (non-hydrogen) atoms. The third-order valence-electron chi connectivity index (χ3n) is 0.167. The third kappa shape index (κ3) is 130. The van der Waals surface area contributed by atoms with Gasteiger partial charge < -0.3 is 31.9 Å². The van der Waals surface area contributed by atoms with Gasteiger partial charge in [0, 0.05) is 30.2 Å². The second-order valence-corrected chi connectivity index (χ2v) is 2.12. The topological polar surface area (TPSA) is 130 Å². The predicted molar refractivity (Wildman–Crippen MR) is 36.8 cm³/mol. The van der Waals surface area contributed by atoms with Crippen LogP contribution in [0.15, 0.2) is 0 Å². The second-order valence-electron chi connectivity index (χ2n) is 1.09. The Morgan fingerprint density at radius 2 is 1.00 bits per heavy atom. The number of phosphoric acid groups is 1. The first-order valence-corrected chi connectivity index (χ1v) is 3.66. The van der Waals surface area contributed by atoms with Gasteiger partial charge in [-0.1, -0.05) is 0 Å². The van der Waals surface area contributed by atoms with Crippen molar-refractivity contribution in [3.63, 3.8) is 0 Å². The van der Waals surface area contributed by atoms with Gasteiger partial charge in [-0.2, -0.15) is 0 Å². The molecule has 6 nitrogen and oxygen atoms in total. The predicted octanol–water partition coefficient (Wildman–Crippen LogP) is -13.6. The van der Waals surface area contributed by atoms with Crippen LogP contribution in [-0.4, -0.2) is 27.8 Å². The van der Waals surface area contributed by atoms with E-state index < -0.39 is 7.82 Å². The first kappa shape index (κ1) is 42.8. The molecule has 0 aliphatic carbocycles. The molecule has 0 aliphatic rings. The fourth-order valence-corrected chi connectivity index (χ4v) is 0. The summed E-state index contributed by atoms with van der Waals surface area (Å²) in [5.74, 6) is 0. The van der Waals surface area contributed by atoms with E-state index in [1.165, 1.54) is 0 Å². The Kier molecular flexibility index (Phi) is 93.4. The molecule has 0 unspecified atom stereocenters. The number of hydrogen-bond acceptors (Lipinski definition) is 3. The number of hydrogen-bond donors (Lipinski definition) is 5. The summed E-state index contributed by atoms with van der Waals surface area (Å²) in [5, 5.41) is 0. The zero-order chi connectivity index (χ0) is 7.91.